The summed E-state index contributed by atoms with van der Waals surface area (Å²) in [5.41, 5.74) is 6.47. The zero-order valence-corrected chi connectivity index (χ0v) is 7.65. The van der Waals surface area contributed by atoms with Crippen LogP contribution >= 0.6 is 0 Å². The van der Waals surface area contributed by atoms with Gasteiger partial charge in [-0.05, 0) is 12.1 Å². The Morgan fingerprint density at radius 3 is 3.00 bits per heavy atom. The molecule has 0 aliphatic rings. The van der Waals surface area contributed by atoms with Crippen LogP contribution in [-0.2, 0) is 0 Å². The number of nitrogens with zero attached hydrogens (tertiary/aromatic N) is 1. The number of fused-ring (bicyclic) bond motifs is 3. The molecule has 0 unspecified atom stereocenters. The van der Waals surface area contributed by atoms with Crippen LogP contribution in [0, 0.1) is 0 Å². The predicted octanol–water partition coefficient (Wildman–Crippen LogP) is 1.25. The van der Waals surface area contributed by atoms with Gasteiger partial charge in [-0.15, -0.1) is 0 Å². The standard InChI is InChI=1S/C10H7N3O2/c11-10-12-7-5-3-1-2-4-6(5)15-8(7)9(14)13-10/h1-4H,(H3,11,12,13,14). The molecule has 0 aliphatic carbocycles. The Labute approximate surface area is 83.5 Å². The maximum atomic E-state index is 11.5. The molecule has 0 saturated carbocycles. The van der Waals surface area contributed by atoms with E-state index in [2.05, 4.69) is 9.97 Å². The number of benzene rings is 1. The molecule has 0 amide bonds. The number of furan rings is 1. The van der Waals surface area contributed by atoms with Gasteiger partial charge >= 0.3 is 0 Å². The number of nitrogens with two attached hydrogens (primary N) is 1. The fourth-order valence-electron chi connectivity index (χ4n) is 1.62. The molecule has 1 aromatic carbocycles. The minimum Gasteiger partial charge on any atom is -0.449 e. The number of aromatic nitrogens is 2. The molecule has 0 atom stereocenters. The van der Waals surface area contributed by atoms with E-state index in [1.807, 2.05) is 18.2 Å². The van der Waals surface area contributed by atoms with Crippen LogP contribution in [0.3, 0.4) is 0 Å². The first-order valence-corrected chi connectivity index (χ1v) is 4.43. The Bertz CT molecular complexity index is 711. The van der Waals surface area contributed by atoms with Crippen molar-refractivity contribution in [2.24, 2.45) is 0 Å². The van der Waals surface area contributed by atoms with Crippen LogP contribution in [0.1, 0.15) is 0 Å². The van der Waals surface area contributed by atoms with Gasteiger partial charge in [0.1, 0.15) is 11.1 Å². The first-order chi connectivity index (χ1) is 7.25. The monoisotopic (exact) mass is 201 g/mol. The highest BCUT2D eigenvalue weighted by atomic mass is 16.3. The van der Waals surface area contributed by atoms with Crippen molar-refractivity contribution in [3.63, 3.8) is 0 Å². The van der Waals surface area contributed by atoms with Gasteiger partial charge in [-0.3, -0.25) is 9.78 Å². The normalized spacial score (nSPS) is 11.2. The van der Waals surface area contributed by atoms with Crippen molar-refractivity contribution in [3.8, 4) is 0 Å². The second kappa shape index (κ2) is 2.60. The molecule has 0 spiro atoms. The Morgan fingerprint density at radius 2 is 2.13 bits per heavy atom. The molecule has 5 heteroatoms. The molecular weight excluding hydrogens is 194 g/mol. The third-order valence-electron chi connectivity index (χ3n) is 2.25. The lowest BCUT2D eigenvalue weighted by Crippen LogP contribution is -2.09. The van der Waals surface area contributed by atoms with Crippen LogP contribution < -0.4 is 11.3 Å². The number of nitrogens with one attached hydrogen (secondary N) is 1. The zero-order chi connectivity index (χ0) is 10.4. The van der Waals surface area contributed by atoms with E-state index < -0.39 is 0 Å². The van der Waals surface area contributed by atoms with Gasteiger partial charge < -0.3 is 10.2 Å². The number of nitrogen functional groups attached to an aromatic ring is 1. The van der Waals surface area contributed by atoms with Gasteiger partial charge in [0.15, 0.2) is 0 Å². The summed E-state index contributed by atoms with van der Waals surface area (Å²) in [7, 11) is 0. The topological polar surface area (TPSA) is 84.9 Å². The molecule has 74 valence electrons. The van der Waals surface area contributed by atoms with E-state index in [-0.39, 0.29) is 17.1 Å². The minimum atomic E-state index is -0.353. The van der Waals surface area contributed by atoms with E-state index in [1.165, 1.54) is 0 Å². The molecule has 0 radical (unpaired) electrons. The Kier molecular flexibility index (Phi) is 1.39. The molecule has 3 aromatic rings. The predicted molar refractivity (Wildman–Crippen MR) is 56.5 cm³/mol. The van der Waals surface area contributed by atoms with Crippen molar-refractivity contribution in [2.75, 3.05) is 5.73 Å². The van der Waals surface area contributed by atoms with Gasteiger partial charge in [-0.1, -0.05) is 12.1 Å². The summed E-state index contributed by atoms with van der Waals surface area (Å²) in [5, 5.41) is 0.797. The average Bonchev–Trinajstić information content (AvgIpc) is 2.57. The number of aromatic amines is 1. The maximum absolute atomic E-state index is 11.5. The molecule has 3 rings (SSSR count). The van der Waals surface area contributed by atoms with Crippen molar-refractivity contribution in [1.82, 2.24) is 9.97 Å². The Balaban J connectivity index is 2.67. The number of rotatable bonds is 0. The first-order valence-electron chi connectivity index (χ1n) is 4.43. The number of anilines is 1. The summed E-state index contributed by atoms with van der Waals surface area (Å²) in [4.78, 5) is 17.9. The van der Waals surface area contributed by atoms with Gasteiger partial charge in [-0.25, -0.2) is 4.98 Å². The maximum Gasteiger partial charge on any atom is 0.296 e. The fraction of sp³-hybridized carbons (Fsp3) is 0. The van der Waals surface area contributed by atoms with Gasteiger partial charge in [0.2, 0.25) is 11.5 Å². The quantitative estimate of drug-likeness (QED) is 0.573. The first kappa shape index (κ1) is 8.05. The number of hydrogen-bond donors (Lipinski definition) is 2. The summed E-state index contributed by atoms with van der Waals surface area (Å²) in [5.74, 6) is 0.0963. The van der Waals surface area contributed by atoms with Crippen molar-refractivity contribution < 1.29 is 4.42 Å². The van der Waals surface area contributed by atoms with Gasteiger partial charge in [0, 0.05) is 5.39 Å². The van der Waals surface area contributed by atoms with E-state index in [4.69, 9.17) is 10.2 Å². The molecular formula is C10H7N3O2. The lowest BCUT2D eigenvalue weighted by Gasteiger charge is -1.90. The smallest absolute Gasteiger partial charge is 0.296 e. The number of H-pyrrole nitrogens is 1. The average molecular weight is 201 g/mol. The van der Waals surface area contributed by atoms with E-state index >= 15 is 0 Å². The third kappa shape index (κ3) is 1.03. The molecule has 3 N–H and O–H groups in total. The molecule has 15 heavy (non-hydrogen) atoms. The van der Waals surface area contributed by atoms with Gasteiger partial charge in [0.05, 0.1) is 0 Å². The van der Waals surface area contributed by atoms with Crippen LogP contribution in [0.2, 0.25) is 0 Å². The van der Waals surface area contributed by atoms with Crippen molar-refractivity contribution in [2.45, 2.75) is 0 Å². The van der Waals surface area contributed by atoms with Gasteiger partial charge in [0.25, 0.3) is 5.56 Å². The van der Waals surface area contributed by atoms with E-state index in [1.54, 1.807) is 6.07 Å². The van der Waals surface area contributed by atoms with Crippen molar-refractivity contribution in [3.05, 3.63) is 34.6 Å². The molecule has 0 fully saturated rings. The lowest BCUT2D eigenvalue weighted by molar-refractivity contribution is 0.661. The lowest BCUT2D eigenvalue weighted by atomic mass is 10.2. The summed E-state index contributed by atoms with van der Waals surface area (Å²) < 4.78 is 5.38. The van der Waals surface area contributed by atoms with E-state index in [0.717, 1.165) is 5.39 Å². The van der Waals surface area contributed by atoms with Crippen molar-refractivity contribution in [1.29, 1.82) is 0 Å². The third-order valence-corrected chi connectivity index (χ3v) is 2.25. The zero-order valence-electron chi connectivity index (χ0n) is 7.65. The number of para-hydroxylation sites is 1. The summed E-state index contributed by atoms with van der Waals surface area (Å²) in [6.07, 6.45) is 0. The summed E-state index contributed by atoms with van der Waals surface area (Å²) in [6.45, 7) is 0. The molecule has 5 nitrogen and oxygen atoms in total. The summed E-state index contributed by atoms with van der Waals surface area (Å²) in [6, 6.07) is 7.32. The molecule has 2 aromatic heterocycles. The SMILES string of the molecule is Nc1nc2c(oc3ccccc32)c(=O)[nH]1. The van der Waals surface area contributed by atoms with E-state index in [9.17, 15) is 4.79 Å². The highest BCUT2D eigenvalue weighted by Gasteiger charge is 2.11. The van der Waals surface area contributed by atoms with Gasteiger partial charge in [-0.2, -0.15) is 0 Å². The molecule has 2 heterocycles. The van der Waals surface area contributed by atoms with Crippen LogP contribution in [0.15, 0.2) is 33.5 Å². The highest BCUT2D eigenvalue weighted by Crippen LogP contribution is 2.24. The summed E-state index contributed by atoms with van der Waals surface area (Å²) >= 11 is 0. The van der Waals surface area contributed by atoms with Crippen LogP contribution in [-0.4, -0.2) is 9.97 Å². The minimum absolute atomic E-state index is 0.0963. The molecule has 0 bridgehead atoms. The highest BCUT2D eigenvalue weighted by molar-refractivity contribution is 6.02. The molecule has 0 saturated heterocycles. The Hall–Kier alpha value is -2.30. The largest absolute Gasteiger partial charge is 0.449 e. The van der Waals surface area contributed by atoms with E-state index in [0.29, 0.717) is 11.1 Å². The fourth-order valence-corrected chi connectivity index (χ4v) is 1.62. The van der Waals surface area contributed by atoms with Crippen LogP contribution in [0.4, 0.5) is 5.95 Å². The van der Waals surface area contributed by atoms with Crippen LogP contribution in [0.25, 0.3) is 22.1 Å². The second-order valence-electron chi connectivity index (χ2n) is 3.23. The Morgan fingerprint density at radius 1 is 1.33 bits per heavy atom. The number of hydrogen-bond acceptors (Lipinski definition) is 4. The second-order valence-corrected chi connectivity index (χ2v) is 3.23. The van der Waals surface area contributed by atoms with Crippen LogP contribution in [0.5, 0.6) is 0 Å². The molecule has 0 aliphatic heterocycles. The van der Waals surface area contributed by atoms with Crippen molar-refractivity contribution >= 4 is 28.0 Å².